The second-order valence-electron chi connectivity index (χ2n) is 7.01. The lowest BCUT2D eigenvalue weighted by Crippen LogP contribution is -2.49. The van der Waals surface area contributed by atoms with Crippen LogP contribution < -0.4 is 10.9 Å². The average Bonchev–Trinajstić information content (AvgIpc) is 2.82. The van der Waals surface area contributed by atoms with E-state index in [1.165, 1.54) is 7.11 Å². The molecular weight excluding hydrogens is 376 g/mol. The van der Waals surface area contributed by atoms with Crippen LogP contribution >= 0.6 is 0 Å². The van der Waals surface area contributed by atoms with E-state index in [1.807, 2.05) is 66.7 Å². The van der Waals surface area contributed by atoms with Gasteiger partial charge in [-0.05, 0) is 36.1 Å². The second kappa shape index (κ2) is 10.9. The van der Waals surface area contributed by atoms with E-state index in [0.717, 1.165) is 17.5 Å². The predicted molar refractivity (Wildman–Crippen MR) is 117 cm³/mol. The number of rotatable bonds is 9. The predicted octanol–water partition coefficient (Wildman–Crippen LogP) is 3.88. The molecule has 3 aromatic rings. The van der Waals surface area contributed by atoms with Crippen molar-refractivity contribution in [3.8, 4) is 0 Å². The fourth-order valence-electron chi connectivity index (χ4n) is 3.43. The van der Waals surface area contributed by atoms with Gasteiger partial charge < -0.3 is 4.74 Å². The van der Waals surface area contributed by atoms with Crippen LogP contribution in [-0.2, 0) is 16.0 Å². The molecule has 0 unspecified atom stereocenters. The molecule has 2 N–H and O–H groups in total. The molecule has 0 saturated carbocycles. The number of carbonyl (C=O) groups is 2. The number of hydrazine groups is 1. The average molecular weight is 402 g/mol. The van der Waals surface area contributed by atoms with Crippen molar-refractivity contribution in [1.29, 1.82) is 0 Å². The minimum atomic E-state index is -0.559. The van der Waals surface area contributed by atoms with Gasteiger partial charge in [0.1, 0.15) is 0 Å². The van der Waals surface area contributed by atoms with Crippen LogP contribution in [0, 0.1) is 0 Å². The van der Waals surface area contributed by atoms with Gasteiger partial charge in [0.15, 0.2) is 0 Å². The molecule has 3 rings (SSSR count). The number of esters is 1. The number of methoxy groups -OCH3 is 1. The molecule has 2 atom stereocenters. The van der Waals surface area contributed by atoms with Crippen molar-refractivity contribution in [2.24, 2.45) is 0 Å². The van der Waals surface area contributed by atoms with Gasteiger partial charge in [0.25, 0.3) is 5.91 Å². The maximum absolute atomic E-state index is 12.7. The maximum Gasteiger partial charge on any atom is 0.314 e. The van der Waals surface area contributed by atoms with Gasteiger partial charge in [-0.25, -0.2) is 5.43 Å². The Morgan fingerprint density at radius 1 is 0.833 bits per heavy atom. The molecule has 154 valence electrons. The zero-order chi connectivity index (χ0) is 21.2. The van der Waals surface area contributed by atoms with Gasteiger partial charge >= 0.3 is 5.97 Å². The smallest absolute Gasteiger partial charge is 0.314 e. The van der Waals surface area contributed by atoms with Crippen molar-refractivity contribution in [1.82, 2.24) is 10.9 Å². The Labute approximate surface area is 177 Å². The first-order valence-electron chi connectivity index (χ1n) is 9.96. The van der Waals surface area contributed by atoms with Crippen LogP contribution in [0.5, 0.6) is 0 Å². The number of benzene rings is 3. The normalized spacial score (nSPS) is 12.6. The van der Waals surface area contributed by atoms with E-state index in [2.05, 4.69) is 23.0 Å². The van der Waals surface area contributed by atoms with Crippen molar-refractivity contribution in [2.75, 3.05) is 7.11 Å². The van der Waals surface area contributed by atoms with E-state index in [9.17, 15) is 9.59 Å². The Hall–Kier alpha value is -3.44. The molecule has 0 heterocycles. The van der Waals surface area contributed by atoms with Crippen LogP contribution in [0.15, 0.2) is 91.0 Å². The van der Waals surface area contributed by atoms with Gasteiger partial charge in [0, 0.05) is 11.6 Å². The summed E-state index contributed by atoms with van der Waals surface area (Å²) in [5, 5.41) is 0. The molecule has 5 nitrogen and oxygen atoms in total. The minimum absolute atomic E-state index is 0.253. The van der Waals surface area contributed by atoms with E-state index in [4.69, 9.17) is 4.74 Å². The number of hydrogen-bond donors (Lipinski definition) is 2. The first-order valence-corrected chi connectivity index (χ1v) is 9.96. The van der Waals surface area contributed by atoms with Crippen LogP contribution in [0.3, 0.4) is 0 Å². The first kappa shape index (κ1) is 21.3. The lowest BCUT2D eigenvalue weighted by molar-refractivity contribution is -0.143. The van der Waals surface area contributed by atoms with Gasteiger partial charge in [0.05, 0.1) is 13.0 Å². The van der Waals surface area contributed by atoms with Crippen LogP contribution in [0.2, 0.25) is 0 Å². The Kier molecular flexibility index (Phi) is 7.75. The molecule has 0 aliphatic rings. The van der Waals surface area contributed by atoms with Crippen molar-refractivity contribution in [3.05, 3.63) is 108 Å². The zero-order valence-electron chi connectivity index (χ0n) is 17.0. The van der Waals surface area contributed by atoms with Crippen LogP contribution in [-0.4, -0.2) is 25.0 Å². The van der Waals surface area contributed by atoms with Crippen molar-refractivity contribution in [2.45, 2.75) is 24.8 Å². The molecule has 0 spiro atoms. The summed E-state index contributed by atoms with van der Waals surface area (Å²) in [5.41, 5.74) is 8.41. The zero-order valence-corrected chi connectivity index (χ0v) is 17.0. The summed E-state index contributed by atoms with van der Waals surface area (Å²) in [4.78, 5) is 25.2. The number of aryl methyl sites for hydroxylation is 1. The summed E-state index contributed by atoms with van der Waals surface area (Å²) in [7, 11) is 1.38. The third-order valence-corrected chi connectivity index (χ3v) is 5.01. The van der Waals surface area contributed by atoms with Gasteiger partial charge in [-0.3, -0.25) is 15.0 Å². The van der Waals surface area contributed by atoms with E-state index < -0.39 is 5.92 Å². The summed E-state index contributed by atoms with van der Waals surface area (Å²) in [6.45, 7) is 0. The van der Waals surface area contributed by atoms with Gasteiger partial charge in [-0.15, -0.1) is 0 Å². The number of hydrogen-bond acceptors (Lipinski definition) is 4. The minimum Gasteiger partial charge on any atom is -0.469 e. The molecule has 0 saturated heterocycles. The highest BCUT2D eigenvalue weighted by atomic mass is 16.5. The third kappa shape index (κ3) is 5.78. The lowest BCUT2D eigenvalue weighted by Gasteiger charge is -2.27. The van der Waals surface area contributed by atoms with Crippen LogP contribution in [0.1, 0.15) is 33.8 Å². The fraction of sp³-hybridized carbons (Fsp3) is 0.200. The Balaban J connectivity index is 1.81. The summed E-state index contributed by atoms with van der Waals surface area (Å²) >= 11 is 0. The highest BCUT2D eigenvalue weighted by molar-refractivity contribution is 5.93. The quantitative estimate of drug-likeness (QED) is 0.421. The highest BCUT2D eigenvalue weighted by Crippen LogP contribution is 2.24. The molecule has 5 heteroatoms. The van der Waals surface area contributed by atoms with Gasteiger partial charge in [-0.1, -0.05) is 78.9 Å². The van der Waals surface area contributed by atoms with Crippen molar-refractivity contribution >= 4 is 11.9 Å². The largest absolute Gasteiger partial charge is 0.469 e. The summed E-state index contributed by atoms with van der Waals surface area (Å²) < 4.78 is 5.10. The van der Waals surface area contributed by atoms with E-state index in [-0.39, 0.29) is 17.9 Å². The first-order chi connectivity index (χ1) is 14.7. The summed E-state index contributed by atoms with van der Waals surface area (Å²) in [6, 6.07) is 28.1. The summed E-state index contributed by atoms with van der Waals surface area (Å²) in [5.74, 6) is -1.16. The van der Waals surface area contributed by atoms with Crippen LogP contribution in [0.25, 0.3) is 0 Å². The summed E-state index contributed by atoms with van der Waals surface area (Å²) in [6.07, 6.45) is 1.38. The number of amides is 1. The Morgan fingerprint density at radius 2 is 1.40 bits per heavy atom. The van der Waals surface area contributed by atoms with E-state index in [0.29, 0.717) is 12.0 Å². The molecule has 1 amide bonds. The molecular formula is C25H26N2O3. The Bertz CT molecular complexity index is 930. The molecule has 0 aromatic heterocycles. The highest BCUT2D eigenvalue weighted by Gasteiger charge is 2.31. The standard InChI is InChI=1S/C25H26N2O3/c1-30-25(29)23(20-13-7-3-8-14-20)22(18-17-19-11-5-2-6-12-19)26-27-24(28)21-15-9-4-10-16-21/h2-16,22-23,26H,17-18H2,1H3,(H,27,28)/t22-,23+/m0/s1. The Morgan fingerprint density at radius 3 is 2.00 bits per heavy atom. The molecule has 0 bridgehead atoms. The third-order valence-electron chi connectivity index (χ3n) is 5.01. The monoisotopic (exact) mass is 402 g/mol. The molecule has 3 aromatic carbocycles. The number of nitrogens with one attached hydrogen (secondary N) is 2. The molecule has 0 aliphatic heterocycles. The fourth-order valence-corrected chi connectivity index (χ4v) is 3.43. The van der Waals surface area contributed by atoms with Crippen molar-refractivity contribution < 1.29 is 14.3 Å². The van der Waals surface area contributed by atoms with Gasteiger partial charge in [-0.2, -0.15) is 0 Å². The molecule has 30 heavy (non-hydrogen) atoms. The topological polar surface area (TPSA) is 67.4 Å². The molecule has 0 fully saturated rings. The molecule has 0 aliphatic carbocycles. The number of ether oxygens (including phenoxy) is 1. The van der Waals surface area contributed by atoms with Crippen molar-refractivity contribution in [3.63, 3.8) is 0 Å². The van der Waals surface area contributed by atoms with E-state index >= 15 is 0 Å². The number of carbonyl (C=O) groups excluding carboxylic acids is 2. The maximum atomic E-state index is 12.7. The SMILES string of the molecule is COC(=O)[C@H](c1ccccc1)[C@H](CCc1ccccc1)NNC(=O)c1ccccc1. The van der Waals surface area contributed by atoms with Crippen LogP contribution in [0.4, 0.5) is 0 Å². The lowest BCUT2D eigenvalue weighted by atomic mass is 9.88. The second-order valence-corrected chi connectivity index (χ2v) is 7.01. The van der Waals surface area contributed by atoms with Gasteiger partial charge in [0.2, 0.25) is 0 Å². The van der Waals surface area contributed by atoms with E-state index in [1.54, 1.807) is 12.1 Å². The molecule has 0 radical (unpaired) electrons.